The number of hydrogen-bond acceptors (Lipinski definition) is 3. The third kappa shape index (κ3) is 3.66. The zero-order valence-corrected chi connectivity index (χ0v) is 12.6. The molecule has 94 valence electrons. The molecule has 17 heavy (non-hydrogen) atoms. The van der Waals surface area contributed by atoms with E-state index in [2.05, 4.69) is 36.8 Å². The Labute approximate surface area is 118 Å². The van der Waals surface area contributed by atoms with E-state index in [0.717, 1.165) is 34.6 Å². The number of nitrogens with zero attached hydrogens (tertiary/aromatic N) is 1. The van der Waals surface area contributed by atoms with Gasteiger partial charge in [-0.1, -0.05) is 0 Å². The molecule has 1 fully saturated rings. The van der Waals surface area contributed by atoms with Crippen molar-refractivity contribution in [3.8, 4) is 5.88 Å². The molecule has 0 unspecified atom stereocenters. The smallest absolute Gasteiger partial charge is 0.228 e. The quantitative estimate of drug-likeness (QED) is 0.891. The number of aliphatic hydroxyl groups excluding tert-OH is 1. The molecule has 0 spiro atoms. The van der Waals surface area contributed by atoms with Crippen molar-refractivity contribution in [3.05, 3.63) is 21.2 Å². The highest BCUT2D eigenvalue weighted by Crippen LogP contribution is 2.30. The fourth-order valence-corrected chi connectivity index (χ4v) is 3.16. The van der Waals surface area contributed by atoms with Gasteiger partial charge in [0.2, 0.25) is 5.88 Å². The number of aromatic nitrogens is 1. The molecule has 1 aromatic heterocycles. The van der Waals surface area contributed by atoms with Crippen molar-refractivity contribution in [2.45, 2.75) is 31.8 Å². The highest BCUT2D eigenvalue weighted by atomic mass is 79.9. The Morgan fingerprint density at radius 1 is 1.29 bits per heavy atom. The Balaban J connectivity index is 1.93. The highest BCUT2D eigenvalue weighted by Gasteiger charge is 2.22. The molecule has 1 saturated carbocycles. The number of pyridine rings is 1. The maximum absolute atomic E-state index is 9.08. The lowest BCUT2D eigenvalue weighted by Crippen LogP contribution is -2.25. The minimum absolute atomic E-state index is 0.225. The predicted octanol–water partition coefficient (Wildman–Crippen LogP) is 3.54. The van der Waals surface area contributed by atoms with E-state index in [1.165, 1.54) is 0 Å². The van der Waals surface area contributed by atoms with Gasteiger partial charge >= 0.3 is 0 Å². The first-order valence-electron chi connectivity index (χ1n) is 5.77. The van der Waals surface area contributed by atoms with E-state index in [0.29, 0.717) is 18.4 Å². The molecule has 1 aliphatic carbocycles. The second-order valence-corrected chi connectivity index (χ2v) is 6.15. The normalized spacial score (nSPS) is 24.6. The summed E-state index contributed by atoms with van der Waals surface area (Å²) >= 11 is 6.80. The van der Waals surface area contributed by atoms with Gasteiger partial charge in [0.1, 0.15) is 6.10 Å². The molecular weight excluding hydrogens is 350 g/mol. The van der Waals surface area contributed by atoms with Crippen LogP contribution in [0.15, 0.2) is 21.2 Å². The van der Waals surface area contributed by atoms with Crippen molar-refractivity contribution < 1.29 is 9.84 Å². The molecule has 0 atom stereocenters. The van der Waals surface area contributed by atoms with E-state index in [9.17, 15) is 0 Å². The first kappa shape index (κ1) is 13.3. The van der Waals surface area contributed by atoms with Crippen molar-refractivity contribution >= 4 is 31.9 Å². The van der Waals surface area contributed by atoms with E-state index in [-0.39, 0.29) is 6.10 Å². The number of aliphatic hydroxyl groups is 1. The Bertz CT molecular complexity index is 379. The summed E-state index contributed by atoms with van der Waals surface area (Å²) in [7, 11) is 0. The fourth-order valence-electron chi connectivity index (χ4n) is 2.08. The third-order valence-corrected chi connectivity index (χ3v) is 4.11. The van der Waals surface area contributed by atoms with E-state index < -0.39 is 0 Å². The molecule has 1 heterocycles. The summed E-state index contributed by atoms with van der Waals surface area (Å²) in [5.41, 5.74) is 0. The van der Waals surface area contributed by atoms with Gasteiger partial charge < -0.3 is 9.84 Å². The van der Waals surface area contributed by atoms with Crippen LogP contribution < -0.4 is 4.74 Å². The first-order valence-corrected chi connectivity index (χ1v) is 7.36. The van der Waals surface area contributed by atoms with Gasteiger partial charge in [-0.3, -0.25) is 0 Å². The monoisotopic (exact) mass is 363 g/mol. The maximum atomic E-state index is 9.08. The van der Waals surface area contributed by atoms with Crippen LogP contribution in [-0.2, 0) is 0 Å². The molecule has 1 aromatic rings. The van der Waals surface area contributed by atoms with E-state index >= 15 is 0 Å². The molecule has 0 aliphatic heterocycles. The molecule has 0 amide bonds. The topological polar surface area (TPSA) is 42.4 Å². The van der Waals surface area contributed by atoms with Gasteiger partial charge in [0.15, 0.2) is 0 Å². The first-order chi connectivity index (χ1) is 8.19. The minimum atomic E-state index is 0.225. The molecule has 2 rings (SSSR count). The Morgan fingerprint density at radius 3 is 2.59 bits per heavy atom. The van der Waals surface area contributed by atoms with Gasteiger partial charge in [-0.15, -0.1) is 0 Å². The van der Waals surface area contributed by atoms with Crippen LogP contribution in [0.5, 0.6) is 5.88 Å². The Hall–Kier alpha value is -0.130. The van der Waals surface area contributed by atoms with Crippen molar-refractivity contribution in [1.82, 2.24) is 4.98 Å². The van der Waals surface area contributed by atoms with Crippen LogP contribution in [0.25, 0.3) is 0 Å². The van der Waals surface area contributed by atoms with Crippen molar-refractivity contribution in [1.29, 1.82) is 0 Å². The summed E-state index contributed by atoms with van der Waals surface area (Å²) in [4.78, 5) is 4.25. The second kappa shape index (κ2) is 6.16. The molecule has 0 aromatic carbocycles. The van der Waals surface area contributed by atoms with Crippen molar-refractivity contribution in [2.24, 2.45) is 5.92 Å². The molecule has 0 saturated heterocycles. The Kier molecular flexibility index (Phi) is 4.82. The lowest BCUT2D eigenvalue weighted by atomic mass is 9.88. The van der Waals surface area contributed by atoms with Crippen LogP contribution in [-0.4, -0.2) is 22.8 Å². The third-order valence-electron chi connectivity index (χ3n) is 3.10. The van der Waals surface area contributed by atoms with E-state index in [1.807, 2.05) is 6.07 Å². The number of rotatable bonds is 3. The van der Waals surface area contributed by atoms with Crippen LogP contribution in [0.2, 0.25) is 0 Å². The van der Waals surface area contributed by atoms with Gasteiger partial charge in [-0.05, 0) is 69.5 Å². The van der Waals surface area contributed by atoms with Crippen molar-refractivity contribution in [3.63, 3.8) is 0 Å². The minimum Gasteiger partial charge on any atom is -0.474 e. The average Bonchev–Trinajstić information content (AvgIpc) is 2.34. The zero-order chi connectivity index (χ0) is 12.3. The summed E-state index contributed by atoms with van der Waals surface area (Å²) in [6.45, 7) is 0.299. The standard InChI is InChI=1S/C12H15Br2NO2/c13-9-5-11(14)12(15-6-9)17-10-3-1-8(7-16)2-4-10/h5-6,8,10,16H,1-4,7H2. The SMILES string of the molecule is OCC1CCC(Oc2ncc(Br)cc2Br)CC1. The summed E-state index contributed by atoms with van der Waals surface area (Å²) in [6.07, 6.45) is 6.03. The van der Waals surface area contributed by atoms with Gasteiger partial charge in [-0.2, -0.15) is 0 Å². The summed E-state index contributed by atoms with van der Waals surface area (Å²) < 4.78 is 7.68. The zero-order valence-electron chi connectivity index (χ0n) is 9.40. The molecule has 3 nitrogen and oxygen atoms in total. The van der Waals surface area contributed by atoms with Gasteiger partial charge in [0.25, 0.3) is 0 Å². The van der Waals surface area contributed by atoms with Crippen LogP contribution in [0.3, 0.4) is 0 Å². The molecule has 1 N–H and O–H groups in total. The predicted molar refractivity (Wildman–Crippen MR) is 73.1 cm³/mol. The van der Waals surface area contributed by atoms with Gasteiger partial charge in [0, 0.05) is 17.3 Å². The summed E-state index contributed by atoms with van der Waals surface area (Å²) in [5, 5.41) is 9.08. The number of ether oxygens (including phenoxy) is 1. The molecular formula is C12H15Br2NO2. The van der Waals surface area contributed by atoms with Crippen LogP contribution in [0.4, 0.5) is 0 Å². The second-order valence-electron chi connectivity index (χ2n) is 4.38. The van der Waals surface area contributed by atoms with Crippen LogP contribution in [0, 0.1) is 5.92 Å². The maximum Gasteiger partial charge on any atom is 0.228 e. The van der Waals surface area contributed by atoms with Gasteiger partial charge in [-0.25, -0.2) is 4.98 Å². The number of hydrogen-bond donors (Lipinski definition) is 1. The van der Waals surface area contributed by atoms with E-state index in [4.69, 9.17) is 9.84 Å². The van der Waals surface area contributed by atoms with Crippen LogP contribution >= 0.6 is 31.9 Å². The molecule has 0 bridgehead atoms. The van der Waals surface area contributed by atoms with Crippen LogP contribution in [0.1, 0.15) is 25.7 Å². The largest absolute Gasteiger partial charge is 0.474 e. The summed E-state index contributed by atoms with van der Waals surface area (Å²) in [5.74, 6) is 1.11. The molecule has 5 heteroatoms. The fraction of sp³-hybridized carbons (Fsp3) is 0.583. The number of halogens is 2. The van der Waals surface area contributed by atoms with Gasteiger partial charge in [0.05, 0.1) is 4.47 Å². The highest BCUT2D eigenvalue weighted by molar-refractivity contribution is 9.11. The molecule has 0 radical (unpaired) electrons. The molecule has 1 aliphatic rings. The lowest BCUT2D eigenvalue weighted by Gasteiger charge is -2.27. The Morgan fingerprint density at radius 2 is 2.00 bits per heavy atom. The summed E-state index contributed by atoms with van der Waals surface area (Å²) in [6, 6.07) is 1.93. The van der Waals surface area contributed by atoms with Crippen molar-refractivity contribution in [2.75, 3.05) is 6.61 Å². The van der Waals surface area contributed by atoms with E-state index in [1.54, 1.807) is 6.20 Å². The average molecular weight is 365 g/mol. The lowest BCUT2D eigenvalue weighted by molar-refractivity contribution is 0.0998.